The van der Waals surface area contributed by atoms with Gasteiger partial charge in [0.15, 0.2) is 11.4 Å². The molecule has 4 rings (SSSR count). The number of benzene rings is 1. The molecule has 11 heteroatoms. The van der Waals surface area contributed by atoms with Gasteiger partial charge in [-0.1, -0.05) is 0 Å². The fourth-order valence-electron chi connectivity index (χ4n) is 6.11. The molecule has 3 aliphatic rings. The number of phenols is 1. The molecule has 1 aromatic carbocycles. The van der Waals surface area contributed by atoms with E-state index in [0.29, 0.717) is 6.54 Å². The first-order chi connectivity index (χ1) is 17.5. The lowest BCUT2D eigenvalue weighted by Crippen LogP contribution is -2.63. The number of carbonyl (C=O) groups excluding carboxylic acids is 3. The molecule has 0 saturated heterocycles. The second-order valence-corrected chi connectivity index (χ2v) is 11.6. The number of aromatic hydroxyl groups is 1. The van der Waals surface area contributed by atoms with Crippen LogP contribution in [0.15, 0.2) is 28.7 Å². The Balaban J connectivity index is 1.83. The third-order valence-corrected chi connectivity index (χ3v) is 7.78. The van der Waals surface area contributed by atoms with Crippen LogP contribution in [0.3, 0.4) is 0 Å². The van der Waals surface area contributed by atoms with E-state index in [-0.39, 0.29) is 47.1 Å². The minimum absolute atomic E-state index is 0.00567. The Hall–Kier alpha value is -3.28. The lowest BCUT2D eigenvalue weighted by molar-refractivity contribution is -0.148. The number of ketones is 2. The van der Waals surface area contributed by atoms with Gasteiger partial charge in [-0.3, -0.25) is 19.3 Å². The molecule has 206 valence electrons. The molecule has 10 nitrogen and oxygen atoms in total. The number of rotatable bonds is 5. The van der Waals surface area contributed by atoms with Gasteiger partial charge in [0, 0.05) is 22.6 Å². The molecule has 0 bridgehead atoms. The van der Waals surface area contributed by atoms with Gasteiger partial charge in [0.1, 0.15) is 28.7 Å². The second-order valence-electron chi connectivity index (χ2n) is 11.6. The first-order valence-electron chi connectivity index (χ1n) is 12.4. The molecule has 38 heavy (non-hydrogen) atoms. The number of hydrogen-bond acceptors (Lipinski definition) is 9. The monoisotopic (exact) mass is 531 g/mol. The molecule has 0 aromatic heterocycles. The quantitative estimate of drug-likeness (QED) is 0.305. The third kappa shape index (κ3) is 4.09. The molecule has 0 unspecified atom stereocenters. The number of nitrogens with one attached hydrogen (secondary N) is 1. The highest BCUT2D eigenvalue weighted by molar-refractivity contribution is 6.24. The molecule has 0 fully saturated rings. The predicted molar refractivity (Wildman–Crippen MR) is 135 cm³/mol. The number of aliphatic hydroxyl groups is 3. The zero-order valence-corrected chi connectivity index (χ0v) is 22.1. The SMILES string of the molecule is CN(C)[C@@H]1C(O)=C(C(N)=O)C(=O)[C@@]2(O)C(O)=C3C(=O)c4c(O)cc(CCNC(C)(C)C)c(F)c4C[C@H]3C[C@@H]12. The maximum absolute atomic E-state index is 15.7. The fraction of sp³-hybridized carbons (Fsp3) is 0.519. The smallest absolute Gasteiger partial charge is 0.255 e. The molecule has 0 radical (unpaired) electrons. The summed E-state index contributed by atoms with van der Waals surface area (Å²) in [4.78, 5) is 40.3. The minimum atomic E-state index is -2.72. The Morgan fingerprint density at radius 3 is 2.42 bits per heavy atom. The van der Waals surface area contributed by atoms with Crippen molar-refractivity contribution < 1.29 is 39.2 Å². The van der Waals surface area contributed by atoms with Gasteiger partial charge < -0.3 is 31.5 Å². The van der Waals surface area contributed by atoms with Gasteiger partial charge >= 0.3 is 0 Å². The van der Waals surface area contributed by atoms with Gasteiger partial charge in [-0.25, -0.2) is 4.39 Å². The van der Waals surface area contributed by atoms with Crippen LogP contribution in [0, 0.1) is 17.7 Å². The van der Waals surface area contributed by atoms with E-state index >= 15 is 4.39 Å². The van der Waals surface area contributed by atoms with Crippen molar-refractivity contribution in [3.8, 4) is 5.75 Å². The van der Waals surface area contributed by atoms with E-state index in [4.69, 9.17) is 5.73 Å². The maximum atomic E-state index is 15.7. The summed E-state index contributed by atoms with van der Waals surface area (Å²) in [6, 6.07) is 0.0718. The number of carbonyl (C=O) groups is 3. The number of hydrogen-bond donors (Lipinski definition) is 6. The number of amides is 1. The van der Waals surface area contributed by atoms with Gasteiger partial charge in [0.05, 0.1) is 11.6 Å². The van der Waals surface area contributed by atoms with Crippen LogP contribution in [0.4, 0.5) is 4.39 Å². The summed E-state index contributed by atoms with van der Waals surface area (Å²) in [7, 11) is 3.09. The van der Waals surface area contributed by atoms with Crippen LogP contribution < -0.4 is 11.1 Å². The van der Waals surface area contributed by atoms with Gasteiger partial charge in [-0.15, -0.1) is 0 Å². The molecule has 7 N–H and O–H groups in total. The highest BCUT2D eigenvalue weighted by Gasteiger charge is 2.63. The highest BCUT2D eigenvalue weighted by Crippen LogP contribution is 2.52. The molecule has 1 aromatic rings. The van der Waals surface area contributed by atoms with Crippen LogP contribution in [0.1, 0.15) is 48.7 Å². The molecule has 4 atom stereocenters. The summed E-state index contributed by atoms with van der Waals surface area (Å²) in [5.74, 6) is -8.24. The average molecular weight is 532 g/mol. The van der Waals surface area contributed by atoms with Crippen molar-refractivity contribution in [3.05, 3.63) is 51.2 Å². The largest absolute Gasteiger partial charge is 0.510 e. The molecule has 0 spiro atoms. The highest BCUT2D eigenvalue weighted by atomic mass is 19.1. The summed E-state index contributed by atoms with van der Waals surface area (Å²) < 4.78 is 15.7. The van der Waals surface area contributed by atoms with Crippen molar-refractivity contribution in [1.82, 2.24) is 10.2 Å². The van der Waals surface area contributed by atoms with Gasteiger partial charge in [-0.05, 0) is 78.2 Å². The molecular weight excluding hydrogens is 497 g/mol. The zero-order valence-electron chi connectivity index (χ0n) is 22.1. The lowest BCUT2D eigenvalue weighted by atomic mass is 9.58. The Kier molecular flexibility index (Phi) is 6.70. The number of aliphatic hydroxyl groups excluding tert-OH is 2. The number of halogens is 1. The number of likely N-dealkylation sites (N-methyl/N-ethyl adjacent to an activating group) is 1. The molecule has 3 aliphatic carbocycles. The van der Waals surface area contributed by atoms with E-state index in [9.17, 15) is 34.8 Å². The number of nitrogens with zero attached hydrogens (tertiary/aromatic N) is 1. The number of primary amides is 1. The van der Waals surface area contributed by atoms with Crippen LogP contribution in [0.2, 0.25) is 0 Å². The maximum Gasteiger partial charge on any atom is 0.255 e. The van der Waals surface area contributed by atoms with Crippen molar-refractivity contribution in [2.45, 2.75) is 57.2 Å². The lowest BCUT2D eigenvalue weighted by Gasteiger charge is -2.50. The first-order valence-corrected chi connectivity index (χ1v) is 12.4. The van der Waals surface area contributed by atoms with E-state index in [1.165, 1.54) is 11.0 Å². The Morgan fingerprint density at radius 2 is 1.87 bits per heavy atom. The van der Waals surface area contributed by atoms with Crippen LogP contribution in [0.25, 0.3) is 0 Å². The number of phenolic OH excluding ortho intramolecular Hbond substituents is 1. The van der Waals surface area contributed by atoms with E-state index in [1.807, 2.05) is 20.8 Å². The summed E-state index contributed by atoms with van der Waals surface area (Å²) in [5, 5.41) is 47.6. The third-order valence-electron chi connectivity index (χ3n) is 7.78. The van der Waals surface area contributed by atoms with Crippen LogP contribution in [0.5, 0.6) is 5.75 Å². The number of nitrogens with two attached hydrogens (primary N) is 1. The van der Waals surface area contributed by atoms with Crippen molar-refractivity contribution in [2.24, 2.45) is 17.6 Å². The van der Waals surface area contributed by atoms with Crippen molar-refractivity contribution >= 4 is 17.5 Å². The topological polar surface area (TPSA) is 173 Å². The second kappa shape index (κ2) is 9.18. The number of fused-ring (bicyclic) bond motifs is 3. The summed E-state index contributed by atoms with van der Waals surface area (Å²) >= 11 is 0. The Morgan fingerprint density at radius 1 is 1.24 bits per heavy atom. The summed E-state index contributed by atoms with van der Waals surface area (Å²) in [5.41, 5.74) is 1.08. The number of Topliss-reactive ketones (excluding diaryl/α,β-unsaturated/α-hetero) is 2. The molecular formula is C27H34FN3O7. The van der Waals surface area contributed by atoms with E-state index in [0.717, 1.165) is 0 Å². The first kappa shape index (κ1) is 27.7. The van der Waals surface area contributed by atoms with E-state index in [2.05, 4.69) is 5.32 Å². The summed E-state index contributed by atoms with van der Waals surface area (Å²) in [6.07, 6.45) is 0.0706. The normalized spacial score (nSPS) is 27.4. The molecule has 0 heterocycles. The Labute approximate surface area is 219 Å². The van der Waals surface area contributed by atoms with Crippen LogP contribution in [-0.2, 0) is 22.4 Å². The molecule has 0 saturated carbocycles. The van der Waals surface area contributed by atoms with Crippen molar-refractivity contribution in [2.75, 3.05) is 20.6 Å². The van der Waals surface area contributed by atoms with Crippen LogP contribution >= 0.6 is 0 Å². The van der Waals surface area contributed by atoms with Crippen molar-refractivity contribution in [1.29, 1.82) is 0 Å². The van der Waals surface area contributed by atoms with Crippen LogP contribution in [-0.4, -0.2) is 80.6 Å². The standard InChI is InChI=1S/C27H34FN3O7/c1-26(2,3)30-7-6-11-10-15(32)17-13(19(11)28)8-12-9-14-20(31(4)5)22(34)18(25(29)37)24(36)27(14,38)23(35)16(12)21(17)33/h10,12,14,20,30,32,34-35,38H,6-9H2,1-5H3,(H2,29,37)/t12-,14-,20-,27-/m0/s1. The van der Waals surface area contributed by atoms with Gasteiger partial charge in [0.25, 0.3) is 5.91 Å². The molecule has 0 aliphatic heterocycles. The van der Waals surface area contributed by atoms with E-state index in [1.54, 1.807) is 14.1 Å². The zero-order chi connectivity index (χ0) is 28.5. The number of allylic oxidation sites excluding steroid dienone is 1. The summed E-state index contributed by atoms with van der Waals surface area (Å²) in [6.45, 7) is 6.32. The Bertz CT molecular complexity index is 1310. The predicted octanol–water partition coefficient (Wildman–Crippen LogP) is 1.19. The van der Waals surface area contributed by atoms with Gasteiger partial charge in [-0.2, -0.15) is 0 Å². The van der Waals surface area contributed by atoms with Crippen molar-refractivity contribution in [3.63, 3.8) is 0 Å². The minimum Gasteiger partial charge on any atom is -0.510 e. The van der Waals surface area contributed by atoms with Gasteiger partial charge in [0.2, 0.25) is 5.78 Å². The van der Waals surface area contributed by atoms with E-state index < -0.39 is 69.6 Å². The fourth-order valence-corrected chi connectivity index (χ4v) is 6.11. The molecule has 1 amide bonds. The average Bonchev–Trinajstić information content (AvgIpc) is 2.78.